The van der Waals surface area contributed by atoms with Crippen molar-refractivity contribution in [2.75, 3.05) is 7.05 Å². The van der Waals surface area contributed by atoms with Gasteiger partial charge in [-0.2, -0.15) is 5.10 Å². The van der Waals surface area contributed by atoms with Gasteiger partial charge in [-0.05, 0) is 50.0 Å². The molecule has 1 aromatic heterocycles. The molecule has 0 amide bonds. The third-order valence-corrected chi connectivity index (χ3v) is 4.96. The molecule has 1 atom stereocenters. The molecule has 4 heteroatoms. The van der Waals surface area contributed by atoms with Crippen molar-refractivity contribution in [1.29, 1.82) is 0 Å². The lowest BCUT2D eigenvalue weighted by molar-refractivity contribution is 0.162. The SMILES string of the molecule is CNC(Cc1ncnn1CC(C)C)C1CCC(C)(C)CC1. The lowest BCUT2D eigenvalue weighted by atomic mass is 9.70. The minimum Gasteiger partial charge on any atom is -0.316 e. The van der Waals surface area contributed by atoms with Crippen LogP contribution in [0.2, 0.25) is 0 Å². The van der Waals surface area contributed by atoms with Gasteiger partial charge < -0.3 is 5.32 Å². The number of rotatable bonds is 6. The van der Waals surface area contributed by atoms with Crippen LogP contribution < -0.4 is 5.32 Å². The molecule has 2 rings (SSSR count). The van der Waals surface area contributed by atoms with Crippen LogP contribution in [-0.4, -0.2) is 27.9 Å². The Morgan fingerprint density at radius 3 is 2.57 bits per heavy atom. The molecule has 1 unspecified atom stereocenters. The molecule has 1 aliphatic rings. The summed E-state index contributed by atoms with van der Waals surface area (Å²) < 4.78 is 2.09. The van der Waals surface area contributed by atoms with E-state index in [9.17, 15) is 0 Å². The first-order chi connectivity index (χ1) is 9.91. The number of hydrogen-bond acceptors (Lipinski definition) is 3. The number of nitrogens with one attached hydrogen (secondary N) is 1. The van der Waals surface area contributed by atoms with Crippen molar-refractivity contribution in [1.82, 2.24) is 20.1 Å². The molecule has 1 aliphatic carbocycles. The smallest absolute Gasteiger partial charge is 0.138 e. The molecule has 0 radical (unpaired) electrons. The van der Waals surface area contributed by atoms with Crippen LogP contribution in [0.25, 0.3) is 0 Å². The quantitative estimate of drug-likeness (QED) is 0.875. The van der Waals surface area contributed by atoms with Crippen molar-refractivity contribution < 1.29 is 0 Å². The van der Waals surface area contributed by atoms with Gasteiger partial charge in [0.2, 0.25) is 0 Å². The molecule has 0 aliphatic heterocycles. The maximum atomic E-state index is 4.49. The highest BCUT2D eigenvalue weighted by Gasteiger charge is 2.31. The molecule has 0 saturated heterocycles. The van der Waals surface area contributed by atoms with Gasteiger partial charge in [0, 0.05) is 19.0 Å². The van der Waals surface area contributed by atoms with E-state index in [1.165, 1.54) is 25.7 Å². The Labute approximate surface area is 129 Å². The Morgan fingerprint density at radius 1 is 1.33 bits per heavy atom. The highest BCUT2D eigenvalue weighted by molar-refractivity contribution is 4.94. The predicted octanol–water partition coefficient (Wildman–Crippen LogP) is 3.28. The number of hydrogen-bond donors (Lipinski definition) is 1. The Morgan fingerprint density at radius 2 is 2.00 bits per heavy atom. The zero-order chi connectivity index (χ0) is 15.5. The maximum absolute atomic E-state index is 4.49. The standard InChI is InChI=1S/C17H32N4/c1-13(2)11-21-16(19-12-20-21)10-15(18-5)14-6-8-17(3,4)9-7-14/h12-15,18H,6-11H2,1-5H3. The van der Waals surface area contributed by atoms with E-state index >= 15 is 0 Å². The van der Waals surface area contributed by atoms with E-state index < -0.39 is 0 Å². The van der Waals surface area contributed by atoms with Crippen molar-refractivity contribution in [3.05, 3.63) is 12.2 Å². The highest BCUT2D eigenvalue weighted by atomic mass is 15.3. The van der Waals surface area contributed by atoms with Gasteiger partial charge in [0.25, 0.3) is 0 Å². The van der Waals surface area contributed by atoms with Gasteiger partial charge in [0.05, 0.1) is 0 Å². The van der Waals surface area contributed by atoms with Crippen molar-refractivity contribution >= 4 is 0 Å². The summed E-state index contributed by atoms with van der Waals surface area (Å²) in [7, 11) is 2.09. The van der Waals surface area contributed by atoms with Crippen LogP contribution in [0, 0.1) is 17.3 Å². The predicted molar refractivity (Wildman–Crippen MR) is 87.2 cm³/mol. The first-order valence-corrected chi connectivity index (χ1v) is 8.45. The van der Waals surface area contributed by atoms with Crippen LogP contribution >= 0.6 is 0 Å². The molecule has 21 heavy (non-hydrogen) atoms. The summed E-state index contributed by atoms with van der Waals surface area (Å²) in [5.41, 5.74) is 0.534. The van der Waals surface area contributed by atoms with Gasteiger partial charge in [-0.3, -0.25) is 0 Å². The zero-order valence-corrected chi connectivity index (χ0v) is 14.4. The second-order valence-corrected chi connectivity index (χ2v) is 7.85. The summed E-state index contributed by atoms with van der Waals surface area (Å²) in [6.07, 6.45) is 8.04. The van der Waals surface area contributed by atoms with E-state index in [1.54, 1.807) is 6.33 Å². The van der Waals surface area contributed by atoms with E-state index in [4.69, 9.17) is 0 Å². The molecule has 0 aromatic carbocycles. The fourth-order valence-corrected chi connectivity index (χ4v) is 3.47. The molecule has 0 bridgehead atoms. The van der Waals surface area contributed by atoms with Crippen molar-refractivity contribution in [2.45, 2.75) is 72.4 Å². The van der Waals surface area contributed by atoms with Crippen molar-refractivity contribution in [2.24, 2.45) is 17.3 Å². The summed E-state index contributed by atoms with van der Waals surface area (Å²) in [5.74, 6) is 2.51. The molecule has 1 N–H and O–H groups in total. The van der Waals surface area contributed by atoms with Crippen LogP contribution in [0.4, 0.5) is 0 Å². The summed E-state index contributed by atoms with van der Waals surface area (Å²) in [6.45, 7) is 10.2. The van der Waals surface area contributed by atoms with Crippen LogP contribution in [0.15, 0.2) is 6.33 Å². The summed E-state index contributed by atoms with van der Waals surface area (Å²) >= 11 is 0. The molecule has 4 nitrogen and oxygen atoms in total. The second-order valence-electron chi connectivity index (χ2n) is 7.85. The number of aromatic nitrogens is 3. The Balaban J connectivity index is 1.98. The summed E-state index contributed by atoms with van der Waals surface area (Å²) in [4.78, 5) is 4.49. The minimum absolute atomic E-state index is 0.524. The van der Waals surface area contributed by atoms with Gasteiger partial charge in [-0.1, -0.05) is 27.7 Å². The van der Waals surface area contributed by atoms with Gasteiger partial charge in [-0.15, -0.1) is 0 Å². The summed E-state index contributed by atoms with van der Waals surface area (Å²) in [6, 6.07) is 0.524. The largest absolute Gasteiger partial charge is 0.316 e. The first-order valence-electron chi connectivity index (χ1n) is 8.45. The third-order valence-electron chi connectivity index (χ3n) is 4.96. The average molecular weight is 292 g/mol. The second kappa shape index (κ2) is 6.91. The fraction of sp³-hybridized carbons (Fsp3) is 0.882. The van der Waals surface area contributed by atoms with E-state index in [2.05, 4.69) is 54.8 Å². The van der Waals surface area contributed by atoms with Gasteiger partial charge in [0.15, 0.2) is 0 Å². The molecular weight excluding hydrogens is 260 g/mol. The minimum atomic E-state index is 0.524. The van der Waals surface area contributed by atoms with Gasteiger partial charge >= 0.3 is 0 Å². The molecule has 1 fully saturated rings. The highest BCUT2D eigenvalue weighted by Crippen LogP contribution is 2.39. The molecule has 0 spiro atoms. The third kappa shape index (κ3) is 4.53. The topological polar surface area (TPSA) is 42.7 Å². The molecule has 120 valence electrons. The van der Waals surface area contributed by atoms with E-state index in [1.807, 2.05) is 0 Å². The lowest BCUT2D eigenvalue weighted by Crippen LogP contribution is -2.39. The monoisotopic (exact) mass is 292 g/mol. The van der Waals surface area contributed by atoms with E-state index in [-0.39, 0.29) is 0 Å². The fourth-order valence-electron chi connectivity index (χ4n) is 3.47. The Kier molecular flexibility index (Phi) is 5.42. The number of nitrogens with zero attached hydrogens (tertiary/aromatic N) is 3. The van der Waals surface area contributed by atoms with Crippen LogP contribution in [0.5, 0.6) is 0 Å². The van der Waals surface area contributed by atoms with Gasteiger partial charge in [-0.25, -0.2) is 9.67 Å². The summed E-state index contributed by atoms with van der Waals surface area (Å²) in [5, 5.41) is 7.93. The maximum Gasteiger partial charge on any atom is 0.138 e. The van der Waals surface area contributed by atoms with Crippen molar-refractivity contribution in [3.63, 3.8) is 0 Å². The van der Waals surface area contributed by atoms with E-state index in [0.29, 0.717) is 17.4 Å². The molecule has 1 heterocycles. The molecule has 1 aromatic rings. The first kappa shape index (κ1) is 16.5. The number of likely N-dealkylation sites (N-methyl/N-ethyl adjacent to an activating group) is 1. The molecule has 1 saturated carbocycles. The van der Waals surface area contributed by atoms with Gasteiger partial charge in [0.1, 0.15) is 12.2 Å². The Bertz CT molecular complexity index is 426. The lowest BCUT2D eigenvalue weighted by Gasteiger charge is -2.38. The molecular formula is C17H32N4. The van der Waals surface area contributed by atoms with E-state index in [0.717, 1.165) is 24.7 Å². The van der Waals surface area contributed by atoms with Crippen LogP contribution in [0.1, 0.15) is 59.2 Å². The zero-order valence-electron chi connectivity index (χ0n) is 14.4. The Hall–Kier alpha value is -0.900. The van der Waals surface area contributed by atoms with Crippen LogP contribution in [0.3, 0.4) is 0 Å². The normalized spacial score (nSPS) is 20.9. The van der Waals surface area contributed by atoms with Crippen LogP contribution in [-0.2, 0) is 13.0 Å². The average Bonchev–Trinajstić information content (AvgIpc) is 2.83. The van der Waals surface area contributed by atoms with Crippen molar-refractivity contribution in [3.8, 4) is 0 Å².